The first-order valence-corrected chi connectivity index (χ1v) is 11.2. The highest BCUT2D eigenvalue weighted by Crippen LogP contribution is 2.26. The molecule has 2 aliphatic rings. The third-order valence-electron chi connectivity index (χ3n) is 6.23. The van der Waals surface area contributed by atoms with Gasteiger partial charge in [-0.2, -0.15) is 0 Å². The molecule has 160 valence electrons. The number of para-hydroxylation sites is 2. The van der Waals surface area contributed by atoms with Crippen molar-refractivity contribution in [2.75, 3.05) is 60.9 Å². The molecule has 2 saturated heterocycles. The molecule has 0 atom stereocenters. The highest BCUT2D eigenvalue weighted by Gasteiger charge is 2.23. The molecule has 2 heterocycles. The normalized spacial score (nSPS) is 18.1. The van der Waals surface area contributed by atoms with Crippen LogP contribution in [-0.2, 0) is 4.79 Å². The molecular weight excluding hydrogens is 376 g/mol. The fourth-order valence-electron chi connectivity index (χ4n) is 4.49. The van der Waals surface area contributed by atoms with Crippen LogP contribution in [0.3, 0.4) is 0 Å². The van der Waals surface area contributed by atoms with Gasteiger partial charge >= 0.3 is 0 Å². The topological polar surface area (TPSA) is 60.3 Å². The van der Waals surface area contributed by atoms with E-state index in [1.807, 2.05) is 30.3 Å². The molecule has 0 bridgehead atoms. The highest BCUT2D eigenvalue weighted by molar-refractivity contribution is 5.91. The van der Waals surface area contributed by atoms with Crippen molar-refractivity contribution in [2.45, 2.75) is 25.7 Å². The number of rotatable bonds is 5. The Morgan fingerprint density at radius 3 is 2.20 bits per heavy atom. The Bertz CT molecular complexity index is 823. The molecule has 2 aromatic rings. The van der Waals surface area contributed by atoms with Crippen LogP contribution in [0.5, 0.6) is 5.75 Å². The van der Waals surface area contributed by atoms with E-state index in [-0.39, 0.29) is 5.91 Å². The van der Waals surface area contributed by atoms with Crippen molar-refractivity contribution >= 4 is 23.0 Å². The number of aromatic hydroxyl groups is 1. The Kier molecular flexibility index (Phi) is 6.74. The van der Waals surface area contributed by atoms with Gasteiger partial charge in [0.25, 0.3) is 5.91 Å². The summed E-state index contributed by atoms with van der Waals surface area (Å²) in [4.78, 5) is 18.4. The van der Waals surface area contributed by atoms with Crippen molar-refractivity contribution in [2.24, 2.45) is 0 Å². The summed E-state index contributed by atoms with van der Waals surface area (Å²) in [7, 11) is 0. The van der Waals surface area contributed by atoms with E-state index in [1.54, 1.807) is 6.07 Å². The van der Waals surface area contributed by atoms with Gasteiger partial charge in [-0.05, 0) is 49.2 Å². The van der Waals surface area contributed by atoms with Gasteiger partial charge < -0.3 is 25.1 Å². The number of carbonyl (C=O) groups excluding carboxylic acids is 1. The molecule has 2 aromatic carbocycles. The zero-order valence-corrected chi connectivity index (χ0v) is 17.6. The number of quaternary nitrogens is 1. The number of phenolic OH excluding ortho intramolecular Hbond substituents is 1. The summed E-state index contributed by atoms with van der Waals surface area (Å²) in [5.41, 5.74) is 3.00. The van der Waals surface area contributed by atoms with Gasteiger partial charge in [-0.1, -0.05) is 25.0 Å². The van der Waals surface area contributed by atoms with Crippen LogP contribution in [0.25, 0.3) is 0 Å². The number of anilines is 3. The Balaban J connectivity index is 1.24. The van der Waals surface area contributed by atoms with Crippen LogP contribution in [0.15, 0.2) is 48.5 Å². The Labute approximate surface area is 179 Å². The second-order valence-corrected chi connectivity index (χ2v) is 8.40. The molecule has 0 saturated carbocycles. The largest absolute Gasteiger partial charge is 0.506 e. The van der Waals surface area contributed by atoms with Crippen molar-refractivity contribution in [1.82, 2.24) is 0 Å². The van der Waals surface area contributed by atoms with Gasteiger partial charge in [0.15, 0.2) is 6.54 Å². The Hall–Kier alpha value is -2.73. The van der Waals surface area contributed by atoms with Crippen LogP contribution in [0.2, 0.25) is 0 Å². The SMILES string of the molecule is O=C(C[NH+]1CCN(c2ccccc2O)CC1)Nc1ccc(N2CCCCCC2)cc1. The minimum atomic E-state index is 0.0588. The number of hydrogen-bond donors (Lipinski definition) is 3. The predicted octanol–water partition coefficient (Wildman–Crippen LogP) is 2.12. The summed E-state index contributed by atoms with van der Waals surface area (Å²) in [6.07, 6.45) is 5.18. The number of nitrogens with one attached hydrogen (secondary N) is 2. The molecule has 2 fully saturated rings. The van der Waals surface area contributed by atoms with E-state index in [1.165, 1.54) is 36.3 Å². The summed E-state index contributed by atoms with van der Waals surface area (Å²) in [5, 5.41) is 13.1. The maximum absolute atomic E-state index is 12.5. The van der Waals surface area contributed by atoms with Crippen molar-refractivity contribution < 1.29 is 14.8 Å². The average Bonchev–Trinajstić information content (AvgIpc) is 3.05. The van der Waals surface area contributed by atoms with Crippen molar-refractivity contribution in [3.05, 3.63) is 48.5 Å². The van der Waals surface area contributed by atoms with Crippen LogP contribution < -0.4 is 20.0 Å². The summed E-state index contributed by atoms with van der Waals surface area (Å²) < 4.78 is 0. The second kappa shape index (κ2) is 9.85. The van der Waals surface area contributed by atoms with Crippen LogP contribution in [0.4, 0.5) is 17.1 Å². The zero-order chi connectivity index (χ0) is 20.8. The maximum Gasteiger partial charge on any atom is 0.279 e. The molecule has 0 radical (unpaired) electrons. The van der Waals surface area contributed by atoms with E-state index >= 15 is 0 Å². The standard InChI is InChI=1S/C24H32N4O2/c29-23-8-4-3-7-22(23)28-17-15-26(16-18-28)19-24(30)25-20-9-11-21(12-10-20)27-13-5-1-2-6-14-27/h3-4,7-12,29H,1-2,5-6,13-19H2,(H,25,30)/p+1. The lowest BCUT2D eigenvalue weighted by Gasteiger charge is -2.33. The fourth-order valence-corrected chi connectivity index (χ4v) is 4.49. The number of benzene rings is 2. The molecule has 0 unspecified atom stereocenters. The lowest BCUT2D eigenvalue weighted by atomic mass is 10.2. The van der Waals surface area contributed by atoms with Gasteiger partial charge in [0, 0.05) is 24.5 Å². The lowest BCUT2D eigenvalue weighted by molar-refractivity contribution is -0.892. The summed E-state index contributed by atoms with van der Waals surface area (Å²) in [5.74, 6) is 0.380. The zero-order valence-electron chi connectivity index (χ0n) is 17.6. The Morgan fingerprint density at radius 2 is 1.53 bits per heavy atom. The van der Waals surface area contributed by atoms with Gasteiger partial charge in [0.1, 0.15) is 5.75 Å². The molecule has 6 nitrogen and oxygen atoms in total. The average molecular weight is 410 g/mol. The van der Waals surface area contributed by atoms with E-state index in [4.69, 9.17) is 0 Å². The first-order chi connectivity index (χ1) is 14.7. The number of hydrogen-bond acceptors (Lipinski definition) is 4. The van der Waals surface area contributed by atoms with E-state index in [0.29, 0.717) is 12.3 Å². The molecule has 30 heavy (non-hydrogen) atoms. The molecule has 3 N–H and O–H groups in total. The fraction of sp³-hybridized carbons (Fsp3) is 0.458. The first kappa shape index (κ1) is 20.5. The third-order valence-corrected chi connectivity index (χ3v) is 6.23. The lowest BCUT2D eigenvalue weighted by Crippen LogP contribution is -3.15. The van der Waals surface area contributed by atoms with Crippen molar-refractivity contribution in [3.8, 4) is 5.75 Å². The van der Waals surface area contributed by atoms with Gasteiger partial charge in [-0.15, -0.1) is 0 Å². The second-order valence-electron chi connectivity index (χ2n) is 8.40. The number of nitrogens with zero attached hydrogens (tertiary/aromatic N) is 2. The molecule has 0 aliphatic carbocycles. The van der Waals surface area contributed by atoms with Crippen molar-refractivity contribution in [1.29, 1.82) is 0 Å². The molecule has 1 amide bonds. The molecule has 2 aliphatic heterocycles. The van der Waals surface area contributed by atoms with E-state index < -0.39 is 0 Å². The molecule has 4 rings (SSSR count). The van der Waals surface area contributed by atoms with Gasteiger partial charge in [-0.25, -0.2) is 0 Å². The summed E-state index contributed by atoms with van der Waals surface area (Å²) in [6.45, 7) is 6.17. The smallest absolute Gasteiger partial charge is 0.279 e. The molecule has 6 heteroatoms. The van der Waals surface area contributed by atoms with Crippen molar-refractivity contribution in [3.63, 3.8) is 0 Å². The number of piperazine rings is 1. The van der Waals surface area contributed by atoms with Gasteiger partial charge in [0.05, 0.1) is 31.9 Å². The molecular formula is C24H33N4O2+. The highest BCUT2D eigenvalue weighted by atomic mass is 16.3. The van der Waals surface area contributed by atoms with E-state index in [0.717, 1.165) is 50.6 Å². The number of phenols is 1. The van der Waals surface area contributed by atoms with Gasteiger partial charge in [-0.3, -0.25) is 4.79 Å². The van der Waals surface area contributed by atoms with E-state index in [2.05, 4.69) is 27.2 Å². The monoisotopic (exact) mass is 409 g/mol. The minimum Gasteiger partial charge on any atom is -0.506 e. The first-order valence-electron chi connectivity index (χ1n) is 11.2. The van der Waals surface area contributed by atoms with Crippen LogP contribution in [0, 0.1) is 0 Å². The Morgan fingerprint density at radius 1 is 0.867 bits per heavy atom. The molecule has 0 spiro atoms. The van der Waals surface area contributed by atoms with Gasteiger partial charge in [0.2, 0.25) is 0 Å². The quantitative estimate of drug-likeness (QED) is 0.708. The summed E-state index contributed by atoms with van der Waals surface area (Å²) in [6, 6.07) is 15.7. The van der Waals surface area contributed by atoms with Crippen LogP contribution >= 0.6 is 0 Å². The van der Waals surface area contributed by atoms with Crippen LogP contribution in [0.1, 0.15) is 25.7 Å². The predicted molar refractivity (Wildman–Crippen MR) is 122 cm³/mol. The minimum absolute atomic E-state index is 0.0588. The summed E-state index contributed by atoms with van der Waals surface area (Å²) >= 11 is 0. The number of amides is 1. The maximum atomic E-state index is 12.5. The third kappa shape index (κ3) is 5.25. The van der Waals surface area contributed by atoms with Crippen LogP contribution in [-0.4, -0.2) is 56.8 Å². The number of carbonyl (C=O) groups is 1. The molecule has 0 aromatic heterocycles. The van der Waals surface area contributed by atoms with E-state index in [9.17, 15) is 9.90 Å².